The Hall–Kier alpha value is -1.55. The predicted molar refractivity (Wildman–Crippen MR) is 79.0 cm³/mol. The molecule has 1 aromatic rings. The van der Waals surface area contributed by atoms with Crippen molar-refractivity contribution in [2.75, 3.05) is 18.4 Å². The van der Waals surface area contributed by atoms with Gasteiger partial charge in [-0.3, -0.25) is 4.79 Å². The molecular weight excluding hydrogens is 252 g/mol. The maximum absolute atomic E-state index is 12.2. The van der Waals surface area contributed by atoms with Crippen LogP contribution in [-0.4, -0.2) is 29.7 Å². The molecule has 1 aliphatic heterocycles. The first-order valence-corrected chi connectivity index (χ1v) is 7.54. The fourth-order valence-corrected chi connectivity index (χ4v) is 3.17. The summed E-state index contributed by atoms with van der Waals surface area (Å²) in [4.78, 5) is 12.2. The summed E-state index contributed by atoms with van der Waals surface area (Å²) in [5, 5.41) is 16.5. The molecule has 0 saturated heterocycles. The van der Waals surface area contributed by atoms with Crippen molar-refractivity contribution in [3.8, 4) is 0 Å². The minimum absolute atomic E-state index is 0.0845. The zero-order valence-electron chi connectivity index (χ0n) is 11.7. The van der Waals surface area contributed by atoms with Crippen LogP contribution in [-0.2, 0) is 6.42 Å². The zero-order valence-corrected chi connectivity index (χ0v) is 11.7. The fourth-order valence-electron chi connectivity index (χ4n) is 3.17. The molecular formula is C16H22N2O2. The number of carbonyl (C=O) groups excluding carboxylic acids is 1. The lowest BCUT2D eigenvalue weighted by Gasteiger charge is -2.23. The van der Waals surface area contributed by atoms with Crippen molar-refractivity contribution in [1.29, 1.82) is 0 Å². The lowest BCUT2D eigenvalue weighted by molar-refractivity contribution is 0.0449. The number of nitrogens with one attached hydrogen (secondary N) is 2. The molecule has 3 N–H and O–H groups in total. The van der Waals surface area contributed by atoms with E-state index in [4.69, 9.17) is 0 Å². The monoisotopic (exact) mass is 274 g/mol. The summed E-state index contributed by atoms with van der Waals surface area (Å²) in [6.45, 7) is 1.37. The van der Waals surface area contributed by atoms with E-state index >= 15 is 0 Å². The smallest absolute Gasteiger partial charge is 0.251 e. The highest BCUT2D eigenvalue weighted by Gasteiger charge is 2.31. The molecule has 108 valence electrons. The third kappa shape index (κ3) is 2.80. The average Bonchev–Trinajstić information content (AvgIpc) is 2.91. The van der Waals surface area contributed by atoms with E-state index in [1.807, 2.05) is 18.2 Å². The van der Waals surface area contributed by atoms with Crippen LogP contribution < -0.4 is 10.6 Å². The van der Waals surface area contributed by atoms with Gasteiger partial charge in [0.1, 0.15) is 0 Å². The number of aliphatic hydroxyl groups is 1. The van der Waals surface area contributed by atoms with Gasteiger partial charge in [0.25, 0.3) is 5.91 Å². The summed E-state index contributed by atoms with van der Waals surface area (Å²) in [5.74, 6) is -0.0845. The maximum atomic E-state index is 12.2. The van der Waals surface area contributed by atoms with E-state index in [-0.39, 0.29) is 5.91 Å². The van der Waals surface area contributed by atoms with E-state index in [2.05, 4.69) is 10.6 Å². The van der Waals surface area contributed by atoms with E-state index in [1.165, 1.54) is 5.56 Å². The Bertz CT molecular complexity index is 507. The Morgan fingerprint density at radius 1 is 1.30 bits per heavy atom. The second-order valence-corrected chi connectivity index (χ2v) is 6.02. The minimum atomic E-state index is -0.689. The van der Waals surface area contributed by atoms with E-state index in [0.29, 0.717) is 12.1 Å². The van der Waals surface area contributed by atoms with Crippen LogP contribution in [0.25, 0.3) is 0 Å². The van der Waals surface area contributed by atoms with Crippen molar-refractivity contribution >= 4 is 11.6 Å². The average molecular weight is 274 g/mol. The normalized spacial score (nSPS) is 20.1. The van der Waals surface area contributed by atoms with Gasteiger partial charge in [0.2, 0.25) is 0 Å². The molecule has 0 unspecified atom stereocenters. The van der Waals surface area contributed by atoms with Crippen LogP contribution in [0.5, 0.6) is 0 Å². The summed E-state index contributed by atoms with van der Waals surface area (Å²) in [6.07, 6.45) is 5.82. The Balaban J connectivity index is 1.65. The number of fused-ring (bicyclic) bond motifs is 1. The SMILES string of the molecule is O=C(NCC1(O)CCCC1)c1ccc2c(c1)CCCN2. The standard InChI is InChI=1S/C16H22N2O2/c19-15(18-11-16(20)7-1-2-8-16)13-5-6-14-12(10-13)4-3-9-17-14/h5-6,10,17,20H,1-4,7-9,11H2,(H,18,19). The van der Waals surface area contributed by atoms with Gasteiger partial charge < -0.3 is 15.7 Å². The van der Waals surface area contributed by atoms with Crippen molar-refractivity contribution in [1.82, 2.24) is 5.32 Å². The Kier molecular flexibility index (Phi) is 3.66. The van der Waals surface area contributed by atoms with Gasteiger partial charge in [-0.15, -0.1) is 0 Å². The molecule has 0 radical (unpaired) electrons. The zero-order chi connectivity index (χ0) is 14.0. The van der Waals surface area contributed by atoms with Crippen molar-refractivity contribution in [2.45, 2.75) is 44.1 Å². The van der Waals surface area contributed by atoms with Gasteiger partial charge in [-0.1, -0.05) is 12.8 Å². The number of rotatable bonds is 3. The van der Waals surface area contributed by atoms with Crippen LogP contribution in [0.15, 0.2) is 18.2 Å². The summed E-state index contributed by atoms with van der Waals surface area (Å²) in [5.41, 5.74) is 2.35. The highest BCUT2D eigenvalue weighted by atomic mass is 16.3. The van der Waals surface area contributed by atoms with Crippen LogP contribution in [0.4, 0.5) is 5.69 Å². The van der Waals surface area contributed by atoms with Gasteiger partial charge in [-0.05, 0) is 49.4 Å². The molecule has 1 heterocycles. The maximum Gasteiger partial charge on any atom is 0.251 e. The molecule has 20 heavy (non-hydrogen) atoms. The molecule has 0 spiro atoms. The molecule has 1 amide bonds. The van der Waals surface area contributed by atoms with E-state index in [9.17, 15) is 9.90 Å². The van der Waals surface area contributed by atoms with Crippen molar-refractivity contribution < 1.29 is 9.90 Å². The predicted octanol–water partition coefficient (Wildman–Crippen LogP) is 2.08. The molecule has 4 nitrogen and oxygen atoms in total. The van der Waals surface area contributed by atoms with E-state index in [1.54, 1.807) is 0 Å². The number of anilines is 1. The minimum Gasteiger partial charge on any atom is -0.388 e. The molecule has 1 aliphatic carbocycles. The van der Waals surface area contributed by atoms with Crippen LogP contribution in [0.2, 0.25) is 0 Å². The largest absolute Gasteiger partial charge is 0.388 e. The molecule has 4 heteroatoms. The number of carbonyl (C=O) groups is 1. The molecule has 3 rings (SSSR count). The molecule has 0 aromatic heterocycles. The summed E-state index contributed by atoms with van der Waals surface area (Å²) < 4.78 is 0. The number of aryl methyl sites for hydroxylation is 1. The quantitative estimate of drug-likeness (QED) is 0.791. The molecule has 2 aliphatic rings. The summed E-state index contributed by atoms with van der Waals surface area (Å²) in [7, 11) is 0. The lowest BCUT2D eigenvalue weighted by Crippen LogP contribution is -2.40. The second kappa shape index (κ2) is 5.44. The van der Waals surface area contributed by atoms with E-state index in [0.717, 1.165) is 50.8 Å². The summed E-state index contributed by atoms with van der Waals surface area (Å²) >= 11 is 0. The Labute approximate surface area is 119 Å². The highest BCUT2D eigenvalue weighted by Crippen LogP contribution is 2.28. The third-order valence-corrected chi connectivity index (χ3v) is 4.42. The molecule has 0 bridgehead atoms. The summed E-state index contributed by atoms with van der Waals surface area (Å²) in [6, 6.07) is 5.80. The van der Waals surface area contributed by atoms with Crippen LogP contribution in [0.3, 0.4) is 0 Å². The van der Waals surface area contributed by atoms with E-state index < -0.39 is 5.60 Å². The lowest BCUT2D eigenvalue weighted by atomic mass is 10.00. The molecule has 0 atom stereocenters. The third-order valence-electron chi connectivity index (χ3n) is 4.42. The van der Waals surface area contributed by atoms with Crippen molar-refractivity contribution in [3.05, 3.63) is 29.3 Å². The topological polar surface area (TPSA) is 61.4 Å². The van der Waals surface area contributed by atoms with Gasteiger partial charge in [0.15, 0.2) is 0 Å². The highest BCUT2D eigenvalue weighted by molar-refractivity contribution is 5.95. The van der Waals surface area contributed by atoms with Crippen LogP contribution in [0, 0.1) is 0 Å². The van der Waals surface area contributed by atoms with Gasteiger partial charge in [-0.25, -0.2) is 0 Å². The number of hydrogen-bond acceptors (Lipinski definition) is 3. The van der Waals surface area contributed by atoms with Gasteiger partial charge in [-0.2, -0.15) is 0 Å². The number of hydrogen-bond donors (Lipinski definition) is 3. The first-order valence-electron chi connectivity index (χ1n) is 7.54. The first-order chi connectivity index (χ1) is 9.66. The Morgan fingerprint density at radius 3 is 2.90 bits per heavy atom. The number of benzene rings is 1. The molecule has 1 aromatic carbocycles. The number of amides is 1. The van der Waals surface area contributed by atoms with Gasteiger partial charge >= 0.3 is 0 Å². The fraction of sp³-hybridized carbons (Fsp3) is 0.562. The van der Waals surface area contributed by atoms with Gasteiger partial charge in [0, 0.05) is 24.3 Å². The van der Waals surface area contributed by atoms with Crippen molar-refractivity contribution in [2.24, 2.45) is 0 Å². The van der Waals surface area contributed by atoms with Gasteiger partial charge in [0.05, 0.1) is 5.60 Å². The first kappa shape index (κ1) is 13.4. The van der Waals surface area contributed by atoms with Crippen molar-refractivity contribution in [3.63, 3.8) is 0 Å². The molecule has 1 fully saturated rings. The van der Waals surface area contributed by atoms with Crippen LogP contribution >= 0.6 is 0 Å². The second-order valence-electron chi connectivity index (χ2n) is 6.02. The Morgan fingerprint density at radius 2 is 2.10 bits per heavy atom. The van der Waals surface area contributed by atoms with Crippen LogP contribution in [0.1, 0.15) is 48.0 Å². The molecule has 1 saturated carbocycles.